The first-order chi connectivity index (χ1) is 27.7. The van der Waals surface area contributed by atoms with Crippen molar-refractivity contribution in [1.29, 1.82) is 0 Å². The number of benzene rings is 8. The predicted molar refractivity (Wildman–Crippen MR) is 233 cm³/mol. The lowest BCUT2D eigenvalue weighted by Gasteiger charge is -2.10. The Morgan fingerprint density at radius 3 is 1.48 bits per heavy atom. The summed E-state index contributed by atoms with van der Waals surface area (Å²) in [6.07, 6.45) is 0. The molecule has 0 aliphatic carbocycles. The van der Waals surface area contributed by atoms with Crippen LogP contribution < -0.4 is 0 Å². The van der Waals surface area contributed by atoms with E-state index in [9.17, 15) is 0 Å². The van der Waals surface area contributed by atoms with Crippen LogP contribution in [0.2, 0.25) is 0 Å². The molecule has 0 fully saturated rings. The second-order valence-corrected chi connectivity index (χ2v) is 15.0. The summed E-state index contributed by atoms with van der Waals surface area (Å²) in [6.45, 7) is 0. The lowest BCUT2D eigenvalue weighted by Crippen LogP contribution is -2.00. The van der Waals surface area contributed by atoms with E-state index in [0.717, 1.165) is 55.3 Å². The van der Waals surface area contributed by atoms with E-state index < -0.39 is 0 Å². The monoisotopic (exact) mass is 733 g/mol. The number of fused-ring (bicyclic) bond motifs is 6. The SMILES string of the molecule is c1ccc(-c2ccc(-c3nc(-c4cccc(-c5cccc6c5sc5c(-c7ccccc7)cccc56)c4)nc(-c4ccc5c(c4)oc4ccccc45)n3)cc2)cc1. The van der Waals surface area contributed by atoms with Crippen molar-refractivity contribution in [2.24, 2.45) is 0 Å². The van der Waals surface area contributed by atoms with Gasteiger partial charge in [0.25, 0.3) is 0 Å². The van der Waals surface area contributed by atoms with Gasteiger partial charge in [-0.15, -0.1) is 11.3 Å². The van der Waals surface area contributed by atoms with Crippen LogP contribution in [0.25, 0.3) is 110 Å². The molecule has 0 aliphatic rings. The molecule has 3 aromatic heterocycles. The molecule has 0 saturated carbocycles. The van der Waals surface area contributed by atoms with Gasteiger partial charge in [-0.3, -0.25) is 0 Å². The zero-order valence-corrected chi connectivity index (χ0v) is 30.9. The fourth-order valence-electron chi connectivity index (χ4n) is 7.79. The third-order valence-electron chi connectivity index (χ3n) is 10.6. The van der Waals surface area contributed by atoms with Gasteiger partial charge in [0, 0.05) is 47.6 Å². The van der Waals surface area contributed by atoms with Gasteiger partial charge < -0.3 is 4.42 Å². The van der Waals surface area contributed by atoms with Gasteiger partial charge in [-0.1, -0.05) is 164 Å². The van der Waals surface area contributed by atoms with Gasteiger partial charge in [0.15, 0.2) is 17.5 Å². The number of rotatable bonds is 6. The normalized spacial score (nSPS) is 11.6. The van der Waals surface area contributed by atoms with Crippen molar-refractivity contribution in [3.63, 3.8) is 0 Å². The van der Waals surface area contributed by atoms with E-state index in [1.807, 2.05) is 41.7 Å². The molecule has 11 rings (SSSR count). The topological polar surface area (TPSA) is 51.8 Å². The number of thiophene rings is 1. The number of furan rings is 1. The average Bonchev–Trinajstić information content (AvgIpc) is 3.85. The van der Waals surface area contributed by atoms with E-state index in [0.29, 0.717) is 17.5 Å². The second-order valence-electron chi connectivity index (χ2n) is 14.0. The van der Waals surface area contributed by atoms with Crippen LogP contribution in [-0.4, -0.2) is 15.0 Å². The minimum Gasteiger partial charge on any atom is -0.456 e. The van der Waals surface area contributed by atoms with Crippen molar-refractivity contribution in [1.82, 2.24) is 15.0 Å². The van der Waals surface area contributed by atoms with Gasteiger partial charge in [0.05, 0.1) is 0 Å². The molecule has 0 bridgehead atoms. The van der Waals surface area contributed by atoms with Crippen molar-refractivity contribution in [3.05, 3.63) is 188 Å². The minimum absolute atomic E-state index is 0.588. The molecule has 262 valence electrons. The average molecular weight is 734 g/mol. The number of hydrogen-bond donors (Lipinski definition) is 0. The third-order valence-corrected chi connectivity index (χ3v) is 11.9. The summed E-state index contributed by atoms with van der Waals surface area (Å²) in [5.41, 5.74) is 11.4. The van der Waals surface area contributed by atoms with Gasteiger partial charge in [-0.25, -0.2) is 15.0 Å². The smallest absolute Gasteiger partial charge is 0.164 e. The molecule has 4 nitrogen and oxygen atoms in total. The van der Waals surface area contributed by atoms with Gasteiger partial charge in [-0.05, 0) is 57.6 Å². The molecule has 5 heteroatoms. The molecule has 0 amide bonds. The van der Waals surface area contributed by atoms with Gasteiger partial charge in [0.1, 0.15) is 11.2 Å². The highest BCUT2D eigenvalue weighted by atomic mass is 32.1. The van der Waals surface area contributed by atoms with Crippen LogP contribution in [0.15, 0.2) is 192 Å². The summed E-state index contributed by atoms with van der Waals surface area (Å²) in [4.78, 5) is 15.4. The van der Waals surface area contributed by atoms with Crippen molar-refractivity contribution >= 4 is 53.4 Å². The van der Waals surface area contributed by atoms with Crippen molar-refractivity contribution in [3.8, 4) is 67.5 Å². The molecule has 0 N–H and O–H groups in total. The first-order valence-corrected chi connectivity index (χ1v) is 19.5. The molecule has 0 spiro atoms. The molecule has 0 radical (unpaired) electrons. The zero-order chi connectivity index (χ0) is 37.0. The van der Waals surface area contributed by atoms with E-state index >= 15 is 0 Å². The van der Waals surface area contributed by atoms with Crippen LogP contribution in [0.4, 0.5) is 0 Å². The Hall–Kier alpha value is -7.21. The van der Waals surface area contributed by atoms with E-state index in [-0.39, 0.29) is 0 Å². The lowest BCUT2D eigenvalue weighted by atomic mass is 9.99. The molecule has 0 unspecified atom stereocenters. The largest absolute Gasteiger partial charge is 0.456 e. The molecule has 3 heterocycles. The maximum absolute atomic E-state index is 6.28. The Morgan fingerprint density at radius 1 is 0.304 bits per heavy atom. The highest BCUT2D eigenvalue weighted by Crippen LogP contribution is 2.44. The molecular weight excluding hydrogens is 703 g/mol. The van der Waals surface area contributed by atoms with Crippen LogP contribution in [0.3, 0.4) is 0 Å². The highest BCUT2D eigenvalue weighted by Gasteiger charge is 2.17. The first kappa shape index (κ1) is 32.2. The van der Waals surface area contributed by atoms with Crippen molar-refractivity contribution in [2.45, 2.75) is 0 Å². The summed E-state index contributed by atoms with van der Waals surface area (Å²) in [5.74, 6) is 1.81. The van der Waals surface area contributed by atoms with Crippen LogP contribution in [0.5, 0.6) is 0 Å². The molecular formula is C51H31N3OS. The fraction of sp³-hybridized carbons (Fsp3) is 0. The van der Waals surface area contributed by atoms with Crippen LogP contribution >= 0.6 is 11.3 Å². The Kier molecular flexibility index (Phi) is 7.64. The molecule has 8 aromatic carbocycles. The lowest BCUT2D eigenvalue weighted by molar-refractivity contribution is 0.669. The standard InChI is InChI=1S/C51H31N3OS/c1-3-12-32(13-4-1)33-24-26-35(27-25-33)49-52-50(54-51(53-49)38-28-29-42-41-18-7-8-23-45(41)55-46(42)31-38)37-17-9-16-36(30-37)40-20-11-22-44-43-21-10-19-39(47(43)56-48(40)44)34-14-5-2-6-15-34/h1-31H. The van der Waals surface area contributed by atoms with Crippen LogP contribution in [0.1, 0.15) is 0 Å². The fourth-order valence-corrected chi connectivity index (χ4v) is 9.16. The quantitative estimate of drug-likeness (QED) is 0.171. The second kappa shape index (κ2) is 13.3. The third kappa shape index (κ3) is 5.56. The summed E-state index contributed by atoms with van der Waals surface area (Å²) in [6, 6.07) is 65.7. The van der Waals surface area contributed by atoms with Gasteiger partial charge in [0.2, 0.25) is 0 Å². The summed E-state index contributed by atoms with van der Waals surface area (Å²) in [7, 11) is 0. The molecule has 0 aliphatic heterocycles. The maximum atomic E-state index is 6.28. The number of hydrogen-bond acceptors (Lipinski definition) is 5. The molecule has 56 heavy (non-hydrogen) atoms. The zero-order valence-electron chi connectivity index (χ0n) is 30.1. The van der Waals surface area contributed by atoms with E-state index in [1.165, 1.54) is 36.9 Å². The van der Waals surface area contributed by atoms with E-state index in [1.54, 1.807) is 0 Å². The highest BCUT2D eigenvalue weighted by molar-refractivity contribution is 7.26. The van der Waals surface area contributed by atoms with Crippen LogP contribution in [-0.2, 0) is 0 Å². The predicted octanol–water partition coefficient (Wildman–Crippen LogP) is 14.1. The molecule has 0 saturated heterocycles. The van der Waals surface area contributed by atoms with Crippen molar-refractivity contribution in [2.75, 3.05) is 0 Å². The Morgan fingerprint density at radius 2 is 0.768 bits per heavy atom. The molecule has 11 aromatic rings. The van der Waals surface area contributed by atoms with Gasteiger partial charge in [-0.2, -0.15) is 0 Å². The van der Waals surface area contributed by atoms with E-state index in [4.69, 9.17) is 19.4 Å². The summed E-state index contributed by atoms with van der Waals surface area (Å²) in [5, 5.41) is 4.69. The molecule has 0 atom stereocenters. The van der Waals surface area contributed by atoms with E-state index in [2.05, 4.69) is 158 Å². The number of nitrogens with zero attached hydrogens (tertiary/aromatic N) is 3. The van der Waals surface area contributed by atoms with Crippen molar-refractivity contribution < 1.29 is 4.42 Å². The van der Waals surface area contributed by atoms with Crippen LogP contribution in [0, 0.1) is 0 Å². The Balaban J connectivity index is 1.05. The first-order valence-electron chi connectivity index (χ1n) is 18.7. The Labute approximate surface area is 327 Å². The summed E-state index contributed by atoms with van der Waals surface area (Å²) < 4.78 is 8.84. The minimum atomic E-state index is 0.588. The van der Waals surface area contributed by atoms with Gasteiger partial charge >= 0.3 is 0 Å². The Bertz CT molecular complexity index is 3240. The number of aromatic nitrogens is 3. The maximum Gasteiger partial charge on any atom is 0.164 e. The number of para-hydroxylation sites is 1. The summed E-state index contributed by atoms with van der Waals surface area (Å²) >= 11 is 1.86.